The van der Waals surface area contributed by atoms with Gasteiger partial charge in [-0.15, -0.1) is 0 Å². The maximum atomic E-state index is 13.0. The van der Waals surface area contributed by atoms with Crippen molar-refractivity contribution in [2.24, 2.45) is 0 Å². The molecule has 9 nitrogen and oxygen atoms in total. The lowest BCUT2D eigenvalue weighted by Gasteiger charge is -2.35. The number of carbonyl (C=O) groups is 3. The average molecular weight is 442 g/mol. The Bertz CT molecular complexity index is 1010. The van der Waals surface area contributed by atoms with E-state index in [4.69, 9.17) is 4.74 Å². The first kappa shape index (κ1) is 23.3. The van der Waals surface area contributed by atoms with Gasteiger partial charge in [-0.25, -0.2) is 4.79 Å². The predicted octanol–water partition coefficient (Wildman–Crippen LogP) is 2.92. The number of carbonyl (C=O) groups excluding carboxylic acids is 3. The molecule has 32 heavy (non-hydrogen) atoms. The highest BCUT2D eigenvalue weighted by Crippen LogP contribution is 2.20. The van der Waals surface area contributed by atoms with E-state index in [9.17, 15) is 14.4 Å². The van der Waals surface area contributed by atoms with Gasteiger partial charge in [0.15, 0.2) is 0 Å². The topological polar surface area (TPSA) is 96.8 Å². The van der Waals surface area contributed by atoms with Crippen molar-refractivity contribution < 1.29 is 19.1 Å². The fraction of sp³-hybridized carbons (Fsp3) is 0.478. The minimum Gasteiger partial charge on any atom is -0.450 e. The van der Waals surface area contributed by atoms with E-state index in [1.807, 2.05) is 26.0 Å². The number of hydrogen-bond acceptors (Lipinski definition) is 5. The van der Waals surface area contributed by atoms with E-state index in [0.717, 1.165) is 11.1 Å². The summed E-state index contributed by atoms with van der Waals surface area (Å²) < 4.78 is 6.60. The Labute approximate surface area is 188 Å². The standard InChI is InChI=1S/C23H31N5O4/c1-6-32-23(31)27-11-9-26(10-12-27)22(30)18(5)28-14-20(17(4)25-28)24-21(29)19-8-7-15(2)16(3)13-19/h7-8,13-14,18H,6,9-12H2,1-5H3,(H,24,29). The van der Waals surface area contributed by atoms with Gasteiger partial charge >= 0.3 is 6.09 Å². The molecule has 1 aliphatic rings. The summed E-state index contributed by atoms with van der Waals surface area (Å²) >= 11 is 0. The van der Waals surface area contributed by atoms with Crippen molar-refractivity contribution in [1.82, 2.24) is 19.6 Å². The van der Waals surface area contributed by atoms with Crippen molar-refractivity contribution in [2.45, 2.75) is 40.7 Å². The van der Waals surface area contributed by atoms with Crippen LogP contribution in [-0.4, -0.2) is 70.3 Å². The average Bonchev–Trinajstić information content (AvgIpc) is 3.14. The third-order valence-electron chi connectivity index (χ3n) is 5.81. The van der Waals surface area contributed by atoms with Crippen molar-refractivity contribution in [1.29, 1.82) is 0 Å². The van der Waals surface area contributed by atoms with E-state index in [-0.39, 0.29) is 17.9 Å². The first-order chi connectivity index (χ1) is 15.2. The Morgan fingerprint density at radius 3 is 2.34 bits per heavy atom. The number of anilines is 1. The molecule has 172 valence electrons. The van der Waals surface area contributed by atoms with E-state index in [0.29, 0.717) is 49.7 Å². The van der Waals surface area contributed by atoms with Gasteiger partial charge in [-0.1, -0.05) is 6.07 Å². The summed E-state index contributed by atoms with van der Waals surface area (Å²) in [5.41, 5.74) is 3.95. The second-order valence-corrected chi connectivity index (χ2v) is 8.05. The van der Waals surface area contributed by atoms with E-state index >= 15 is 0 Å². The zero-order chi connectivity index (χ0) is 23.4. The summed E-state index contributed by atoms with van der Waals surface area (Å²) in [5, 5.41) is 7.33. The van der Waals surface area contributed by atoms with E-state index in [2.05, 4.69) is 10.4 Å². The van der Waals surface area contributed by atoms with Crippen LogP contribution in [0, 0.1) is 20.8 Å². The molecule has 2 heterocycles. The van der Waals surface area contributed by atoms with Crippen LogP contribution in [0.4, 0.5) is 10.5 Å². The zero-order valence-electron chi connectivity index (χ0n) is 19.3. The number of ether oxygens (including phenoxy) is 1. The molecular formula is C23H31N5O4. The van der Waals surface area contributed by atoms with Gasteiger partial charge in [0.2, 0.25) is 5.91 Å². The fourth-order valence-electron chi connectivity index (χ4n) is 3.58. The number of aromatic nitrogens is 2. The van der Waals surface area contributed by atoms with Gasteiger partial charge in [-0.05, 0) is 57.9 Å². The molecule has 0 spiro atoms. The highest BCUT2D eigenvalue weighted by molar-refractivity contribution is 6.04. The Kier molecular flexibility index (Phi) is 7.17. The molecule has 3 rings (SSSR count). The predicted molar refractivity (Wildman–Crippen MR) is 121 cm³/mol. The number of aryl methyl sites for hydroxylation is 3. The van der Waals surface area contributed by atoms with Crippen LogP contribution in [-0.2, 0) is 9.53 Å². The molecular weight excluding hydrogens is 410 g/mol. The molecule has 1 saturated heterocycles. The summed E-state index contributed by atoms with van der Waals surface area (Å²) in [6, 6.07) is 5.03. The van der Waals surface area contributed by atoms with Crippen LogP contribution in [0.15, 0.2) is 24.4 Å². The smallest absolute Gasteiger partial charge is 0.409 e. The molecule has 0 saturated carbocycles. The third-order valence-corrected chi connectivity index (χ3v) is 5.81. The van der Waals surface area contributed by atoms with Gasteiger partial charge in [0, 0.05) is 37.9 Å². The van der Waals surface area contributed by atoms with Crippen LogP contribution < -0.4 is 5.32 Å². The van der Waals surface area contributed by atoms with E-state index < -0.39 is 6.04 Å². The number of rotatable bonds is 5. The van der Waals surface area contributed by atoms with Gasteiger partial charge in [0.25, 0.3) is 5.91 Å². The number of nitrogens with zero attached hydrogens (tertiary/aromatic N) is 4. The molecule has 1 aromatic carbocycles. The number of nitrogens with one attached hydrogen (secondary N) is 1. The van der Waals surface area contributed by atoms with Crippen LogP contribution in [0.1, 0.15) is 47.1 Å². The van der Waals surface area contributed by atoms with Crippen molar-refractivity contribution in [2.75, 3.05) is 38.1 Å². The van der Waals surface area contributed by atoms with Crippen LogP contribution in [0.3, 0.4) is 0 Å². The molecule has 1 atom stereocenters. The molecule has 1 fully saturated rings. The van der Waals surface area contributed by atoms with Crippen LogP contribution in [0.25, 0.3) is 0 Å². The van der Waals surface area contributed by atoms with Crippen LogP contribution in [0.5, 0.6) is 0 Å². The molecule has 9 heteroatoms. The number of hydrogen-bond donors (Lipinski definition) is 1. The summed E-state index contributed by atoms with van der Waals surface area (Å²) in [6.07, 6.45) is 1.34. The lowest BCUT2D eigenvalue weighted by Crippen LogP contribution is -2.52. The Morgan fingerprint density at radius 2 is 1.72 bits per heavy atom. The van der Waals surface area contributed by atoms with Crippen molar-refractivity contribution in [3.8, 4) is 0 Å². The largest absolute Gasteiger partial charge is 0.450 e. The first-order valence-corrected chi connectivity index (χ1v) is 10.9. The van der Waals surface area contributed by atoms with Gasteiger partial charge in [-0.3, -0.25) is 14.3 Å². The number of benzene rings is 1. The summed E-state index contributed by atoms with van der Waals surface area (Å²) in [7, 11) is 0. The quantitative estimate of drug-likeness (QED) is 0.770. The monoisotopic (exact) mass is 441 g/mol. The SMILES string of the molecule is CCOC(=O)N1CCN(C(=O)C(C)n2cc(NC(=O)c3ccc(C)c(C)c3)c(C)n2)CC1. The lowest BCUT2D eigenvalue weighted by atomic mass is 10.1. The highest BCUT2D eigenvalue weighted by Gasteiger charge is 2.29. The fourth-order valence-corrected chi connectivity index (χ4v) is 3.58. The normalized spacial score (nSPS) is 14.8. The van der Waals surface area contributed by atoms with Gasteiger partial charge in [0.05, 0.1) is 18.0 Å². The number of amides is 3. The summed E-state index contributed by atoms with van der Waals surface area (Å²) in [6.45, 7) is 11.4. The molecule has 0 aliphatic carbocycles. The minimum absolute atomic E-state index is 0.0805. The Balaban J connectivity index is 1.63. The molecule has 0 radical (unpaired) electrons. The van der Waals surface area contributed by atoms with Crippen LogP contribution >= 0.6 is 0 Å². The number of piperazine rings is 1. The van der Waals surface area contributed by atoms with E-state index in [1.165, 1.54) is 0 Å². The Morgan fingerprint density at radius 1 is 1.06 bits per heavy atom. The van der Waals surface area contributed by atoms with Crippen molar-refractivity contribution >= 4 is 23.6 Å². The maximum Gasteiger partial charge on any atom is 0.409 e. The minimum atomic E-state index is -0.532. The highest BCUT2D eigenvalue weighted by atomic mass is 16.6. The second-order valence-electron chi connectivity index (χ2n) is 8.05. The molecule has 0 bridgehead atoms. The van der Waals surface area contributed by atoms with Gasteiger partial charge < -0.3 is 19.9 Å². The van der Waals surface area contributed by atoms with Crippen LogP contribution in [0.2, 0.25) is 0 Å². The molecule has 2 aromatic rings. The summed E-state index contributed by atoms with van der Waals surface area (Å²) in [4.78, 5) is 40.8. The lowest BCUT2D eigenvalue weighted by molar-refractivity contribution is -0.136. The summed E-state index contributed by atoms with van der Waals surface area (Å²) in [5.74, 6) is -0.298. The first-order valence-electron chi connectivity index (χ1n) is 10.9. The molecule has 1 unspecified atom stereocenters. The van der Waals surface area contributed by atoms with Gasteiger partial charge in [0.1, 0.15) is 6.04 Å². The third kappa shape index (κ3) is 5.09. The zero-order valence-corrected chi connectivity index (χ0v) is 19.3. The Hall–Kier alpha value is -3.36. The van der Waals surface area contributed by atoms with Crippen molar-refractivity contribution in [3.05, 3.63) is 46.8 Å². The molecule has 1 aromatic heterocycles. The van der Waals surface area contributed by atoms with E-state index in [1.54, 1.807) is 47.5 Å². The molecule has 1 aliphatic heterocycles. The van der Waals surface area contributed by atoms with Gasteiger partial charge in [-0.2, -0.15) is 5.10 Å². The maximum absolute atomic E-state index is 13.0. The van der Waals surface area contributed by atoms with Crippen molar-refractivity contribution in [3.63, 3.8) is 0 Å². The molecule has 3 amide bonds. The molecule has 1 N–H and O–H groups in total. The second kappa shape index (κ2) is 9.84.